The Kier molecular flexibility index (Phi) is 4.56. The van der Waals surface area contributed by atoms with E-state index in [9.17, 15) is 14.4 Å². The number of pyridine rings is 1. The molecule has 0 amide bonds. The Bertz CT molecular complexity index is 1070. The standard InChI is InChI=1S/C18H15N3O4/c1-25-15(22)11-21-17(23)16-14(20-18(21)24)10-9-13(19-16)8-7-12-5-3-2-4-6-12/h2-10H,11H2,1H3,(H,20,24)/b8-7+. The molecule has 0 fully saturated rings. The minimum Gasteiger partial charge on any atom is -0.468 e. The van der Waals surface area contributed by atoms with Gasteiger partial charge in [0.15, 0.2) is 5.52 Å². The number of aromatic nitrogens is 3. The summed E-state index contributed by atoms with van der Waals surface area (Å²) in [7, 11) is 1.19. The van der Waals surface area contributed by atoms with Crippen molar-refractivity contribution in [2.75, 3.05) is 7.11 Å². The number of hydrogen-bond acceptors (Lipinski definition) is 5. The van der Waals surface area contributed by atoms with Crippen LogP contribution in [0.4, 0.5) is 0 Å². The molecule has 0 aliphatic heterocycles. The van der Waals surface area contributed by atoms with Crippen molar-refractivity contribution in [3.63, 3.8) is 0 Å². The van der Waals surface area contributed by atoms with Crippen LogP contribution in [-0.4, -0.2) is 27.6 Å². The number of rotatable bonds is 4. The first-order chi connectivity index (χ1) is 12.1. The van der Waals surface area contributed by atoms with E-state index in [-0.39, 0.29) is 5.52 Å². The Morgan fingerprint density at radius 2 is 1.92 bits per heavy atom. The zero-order chi connectivity index (χ0) is 17.8. The number of carbonyl (C=O) groups is 1. The average molecular weight is 337 g/mol. The second kappa shape index (κ2) is 6.96. The SMILES string of the molecule is COC(=O)Cn1c(=O)[nH]c2ccc(/C=C/c3ccccc3)nc2c1=O. The van der Waals surface area contributed by atoms with Crippen LogP contribution in [0.1, 0.15) is 11.3 Å². The maximum absolute atomic E-state index is 12.5. The number of benzene rings is 1. The second-order valence-corrected chi connectivity index (χ2v) is 5.27. The van der Waals surface area contributed by atoms with E-state index in [4.69, 9.17) is 0 Å². The quantitative estimate of drug-likeness (QED) is 0.727. The fourth-order valence-corrected chi connectivity index (χ4v) is 2.32. The summed E-state index contributed by atoms with van der Waals surface area (Å²) in [5.74, 6) is -0.688. The Balaban J connectivity index is 2.04. The number of ether oxygens (including phenoxy) is 1. The van der Waals surface area contributed by atoms with Gasteiger partial charge in [0.25, 0.3) is 5.56 Å². The number of aromatic amines is 1. The average Bonchev–Trinajstić information content (AvgIpc) is 2.64. The molecular weight excluding hydrogens is 322 g/mol. The fourth-order valence-electron chi connectivity index (χ4n) is 2.32. The van der Waals surface area contributed by atoms with Crippen LogP contribution >= 0.6 is 0 Å². The molecule has 0 unspecified atom stereocenters. The predicted octanol–water partition coefficient (Wildman–Crippen LogP) is 1.43. The molecule has 0 aliphatic carbocycles. The number of fused-ring (bicyclic) bond motifs is 1. The molecule has 25 heavy (non-hydrogen) atoms. The van der Waals surface area contributed by atoms with Crippen LogP contribution in [-0.2, 0) is 16.1 Å². The highest BCUT2D eigenvalue weighted by molar-refractivity contribution is 5.77. The number of methoxy groups -OCH3 is 1. The smallest absolute Gasteiger partial charge is 0.329 e. The molecule has 126 valence electrons. The maximum atomic E-state index is 12.5. The lowest BCUT2D eigenvalue weighted by atomic mass is 10.2. The molecular formula is C18H15N3O4. The minimum absolute atomic E-state index is 0.0821. The molecule has 0 bridgehead atoms. The van der Waals surface area contributed by atoms with Gasteiger partial charge in [-0.2, -0.15) is 0 Å². The molecule has 0 spiro atoms. The van der Waals surface area contributed by atoms with Gasteiger partial charge in [0, 0.05) is 0 Å². The number of carbonyl (C=O) groups excluding carboxylic acids is 1. The summed E-state index contributed by atoms with van der Waals surface area (Å²) in [5.41, 5.74) is 0.627. The topological polar surface area (TPSA) is 94.1 Å². The number of esters is 1. The molecule has 0 atom stereocenters. The highest BCUT2D eigenvalue weighted by Crippen LogP contribution is 2.09. The fraction of sp³-hybridized carbons (Fsp3) is 0.111. The summed E-state index contributed by atoms with van der Waals surface area (Å²) >= 11 is 0. The second-order valence-electron chi connectivity index (χ2n) is 5.27. The maximum Gasteiger partial charge on any atom is 0.329 e. The van der Waals surface area contributed by atoms with Crippen molar-refractivity contribution < 1.29 is 9.53 Å². The van der Waals surface area contributed by atoms with Gasteiger partial charge in [-0.1, -0.05) is 36.4 Å². The van der Waals surface area contributed by atoms with Crippen molar-refractivity contribution in [3.8, 4) is 0 Å². The van der Waals surface area contributed by atoms with E-state index in [1.165, 1.54) is 7.11 Å². The molecule has 2 aromatic heterocycles. The first-order valence-electron chi connectivity index (χ1n) is 7.52. The van der Waals surface area contributed by atoms with Crippen LogP contribution in [0, 0.1) is 0 Å². The Labute approximate surface area is 142 Å². The van der Waals surface area contributed by atoms with E-state index in [1.54, 1.807) is 18.2 Å². The molecule has 0 aliphatic rings. The lowest BCUT2D eigenvalue weighted by molar-refractivity contribution is -0.141. The molecule has 1 aromatic carbocycles. The third-order valence-corrected chi connectivity index (χ3v) is 3.61. The molecule has 0 saturated heterocycles. The molecule has 7 heteroatoms. The van der Waals surface area contributed by atoms with Crippen LogP contribution in [0.25, 0.3) is 23.2 Å². The summed E-state index contributed by atoms with van der Waals surface area (Å²) in [6.07, 6.45) is 3.64. The molecule has 2 heterocycles. The summed E-state index contributed by atoms with van der Waals surface area (Å²) in [4.78, 5) is 42.6. The number of nitrogens with zero attached hydrogens (tertiary/aromatic N) is 2. The van der Waals surface area contributed by atoms with Crippen LogP contribution in [0.15, 0.2) is 52.1 Å². The first-order valence-corrected chi connectivity index (χ1v) is 7.52. The first kappa shape index (κ1) is 16.4. The number of H-pyrrole nitrogens is 1. The highest BCUT2D eigenvalue weighted by atomic mass is 16.5. The molecule has 3 rings (SSSR count). The van der Waals surface area contributed by atoms with Gasteiger partial charge in [-0.15, -0.1) is 0 Å². The third kappa shape index (κ3) is 3.55. The Hall–Kier alpha value is -3.48. The summed E-state index contributed by atoms with van der Waals surface area (Å²) in [5, 5.41) is 0. The highest BCUT2D eigenvalue weighted by Gasteiger charge is 2.12. The Morgan fingerprint density at radius 3 is 2.64 bits per heavy atom. The molecule has 0 saturated carbocycles. The van der Waals surface area contributed by atoms with E-state index >= 15 is 0 Å². The molecule has 3 aromatic rings. The third-order valence-electron chi connectivity index (χ3n) is 3.61. The monoisotopic (exact) mass is 337 g/mol. The zero-order valence-electron chi connectivity index (χ0n) is 13.4. The summed E-state index contributed by atoms with van der Waals surface area (Å²) in [6, 6.07) is 13.0. The van der Waals surface area contributed by atoms with E-state index in [1.807, 2.05) is 36.4 Å². The van der Waals surface area contributed by atoms with Crippen LogP contribution in [0.3, 0.4) is 0 Å². The molecule has 1 N–H and O–H groups in total. The van der Waals surface area contributed by atoms with Crippen molar-refractivity contribution in [3.05, 3.63) is 74.6 Å². The summed E-state index contributed by atoms with van der Waals surface area (Å²) < 4.78 is 5.27. The van der Waals surface area contributed by atoms with E-state index in [0.717, 1.165) is 10.1 Å². The van der Waals surface area contributed by atoms with Gasteiger partial charge in [-0.3, -0.25) is 9.59 Å². The van der Waals surface area contributed by atoms with Crippen molar-refractivity contribution >= 4 is 29.2 Å². The van der Waals surface area contributed by atoms with Gasteiger partial charge in [0.2, 0.25) is 0 Å². The van der Waals surface area contributed by atoms with E-state index in [2.05, 4.69) is 14.7 Å². The number of hydrogen-bond donors (Lipinski definition) is 1. The van der Waals surface area contributed by atoms with E-state index < -0.39 is 23.8 Å². The van der Waals surface area contributed by atoms with Gasteiger partial charge in [0.05, 0.1) is 18.3 Å². The zero-order valence-corrected chi connectivity index (χ0v) is 13.4. The van der Waals surface area contributed by atoms with Crippen molar-refractivity contribution in [2.24, 2.45) is 0 Å². The van der Waals surface area contributed by atoms with Crippen LogP contribution in [0.2, 0.25) is 0 Å². The largest absolute Gasteiger partial charge is 0.468 e. The van der Waals surface area contributed by atoms with Crippen molar-refractivity contribution in [1.29, 1.82) is 0 Å². The summed E-state index contributed by atoms with van der Waals surface area (Å²) in [6.45, 7) is -0.466. The minimum atomic E-state index is -0.688. The lowest BCUT2D eigenvalue weighted by Gasteiger charge is -2.05. The lowest BCUT2D eigenvalue weighted by Crippen LogP contribution is -2.38. The van der Waals surface area contributed by atoms with Gasteiger partial charge in [-0.05, 0) is 23.8 Å². The number of nitrogens with one attached hydrogen (secondary N) is 1. The van der Waals surface area contributed by atoms with E-state index in [0.29, 0.717) is 11.2 Å². The van der Waals surface area contributed by atoms with Gasteiger partial charge < -0.3 is 9.72 Å². The van der Waals surface area contributed by atoms with Crippen molar-refractivity contribution in [2.45, 2.75) is 6.54 Å². The van der Waals surface area contributed by atoms with Gasteiger partial charge >= 0.3 is 11.7 Å². The predicted molar refractivity (Wildman–Crippen MR) is 94.0 cm³/mol. The van der Waals surface area contributed by atoms with Crippen LogP contribution in [0.5, 0.6) is 0 Å². The van der Waals surface area contributed by atoms with Crippen LogP contribution < -0.4 is 11.2 Å². The van der Waals surface area contributed by atoms with Crippen molar-refractivity contribution in [1.82, 2.24) is 14.5 Å². The molecule has 0 radical (unpaired) electrons. The normalized spacial score (nSPS) is 11.1. The van der Waals surface area contributed by atoms with Gasteiger partial charge in [0.1, 0.15) is 6.54 Å². The van der Waals surface area contributed by atoms with Gasteiger partial charge in [-0.25, -0.2) is 14.3 Å². The Morgan fingerprint density at radius 1 is 1.16 bits per heavy atom. The molecule has 7 nitrogen and oxygen atoms in total.